The summed E-state index contributed by atoms with van der Waals surface area (Å²) in [6, 6.07) is 8.09. The molecule has 0 spiro atoms. The summed E-state index contributed by atoms with van der Waals surface area (Å²) in [5.74, 6) is -1.38. The molecule has 1 saturated heterocycles. The highest BCUT2D eigenvalue weighted by molar-refractivity contribution is 7.13. The minimum Gasteiger partial charge on any atom is -0.391 e. The number of carbonyl (C=O) groups excluding carboxylic acids is 2. The van der Waals surface area contributed by atoms with Gasteiger partial charge in [0.25, 0.3) is 5.56 Å². The fourth-order valence-corrected chi connectivity index (χ4v) is 5.38. The van der Waals surface area contributed by atoms with Gasteiger partial charge in [-0.15, -0.1) is 11.3 Å². The molecule has 10 heteroatoms. The highest BCUT2D eigenvalue weighted by Crippen LogP contribution is 2.31. The lowest BCUT2D eigenvalue weighted by Gasteiger charge is -2.29. The standard InChI is InChI=1S/C25H30N4O5S/c1-13(2)22(20-10-21(31)28-34-20)25(33)29-11-18(30)9-19(29)24(32)27-14(3)16-5-7-17(8-6-16)23-15(4)26-12-35-23/h5-8,10,12-14,18-19,22,30H,9,11H2,1-4H3,(H,27,32)(H,28,31)/t14-,18+,19-,22?/m0/s1. The molecule has 4 rings (SSSR count). The zero-order chi connectivity index (χ0) is 25.3. The lowest BCUT2D eigenvalue weighted by Crippen LogP contribution is -2.48. The molecule has 0 radical (unpaired) electrons. The molecule has 2 aromatic heterocycles. The van der Waals surface area contributed by atoms with Crippen LogP contribution in [-0.4, -0.2) is 50.7 Å². The number of benzene rings is 1. The molecule has 1 aromatic carbocycles. The molecule has 2 amide bonds. The van der Waals surface area contributed by atoms with Crippen molar-refractivity contribution in [1.82, 2.24) is 20.4 Å². The third-order valence-corrected chi connectivity index (χ3v) is 7.40. The molecule has 1 fully saturated rings. The number of likely N-dealkylation sites (tertiary alicyclic amines) is 1. The van der Waals surface area contributed by atoms with Gasteiger partial charge >= 0.3 is 0 Å². The Kier molecular flexibility index (Phi) is 7.23. The Labute approximate surface area is 207 Å². The first kappa shape index (κ1) is 24.9. The van der Waals surface area contributed by atoms with Crippen LogP contribution in [0.25, 0.3) is 10.4 Å². The SMILES string of the molecule is Cc1ncsc1-c1ccc([C@H](C)NC(=O)[C@@H]2C[C@@H](O)CN2C(=O)C(c2cc(=O)[nH]o2)C(C)C)cc1. The number of aryl methyl sites for hydroxylation is 1. The van der Waals surface area contributed by atoms with Crippen molar-refractivity contribution in [2.75, 3.05) is 6.54 Å². The number of aliphatic hydroxyl groups excluding tert-OH is 1. The minimum atomic E-state index is -0.814. The van der Waals surface area contributed by atoms with Gasteiger partial charge in [-0.1, -0.05) is 38.1 Å². The molecule has 3 aromatic rings. The van der Waals surface area contributed by atoms with Gasteiger partial charge in [-0.25, -0.2) is 4.98 Å². The molecule has 4 atom stereocenters. The van der Waals surface area contributed by atoms with E-state index in [9.17, 15) is 19.5 Å². The number of β-amino-alcohol motifs (C(OH)–C–C–N with tert-alkyl or cyclic N) is 1. The molecule has 1 aliphatic heterocycles. The maximum Gasteiger partial charge on any atom is 0.280 e. The Bertz CT molecular complexity index is 1250. The first-order chi connectivity index (χ1) is 16.7. The van der Waals surface area contributed by atoms with Gasteiger partial charge in [0.05, 0.1) is 28.2 Å². The van der Waals surface area contributed by atoms with Crippen LogP contribution in [0.15, 0.2) is 45.2 Å². The van der Waals surface area contributed by atoms with E-state index in [0.29, 0.717) is 0 Å². The van der Waals surface area contributed by atoms with Gasteiger partial charge in [0.1, 0.15) is 12.0 Å². The van der Waals surface area contributed by atoms with Gasteiger partial charge in [0.15, 0.2) is 5.76 Å². The van der Waals surface area contributed by atoms with Crippen molar-refractivity contribution in [3.63, 3.8) is 0 Å². The zero-order valence-electron chi connectivity index (χ0n) is 20.1. The summed E-state index contributed by atoms with van der Waals surface area (Å²) >= 11 is 1.58. The number of carbonyl (C=O) groups is 2. The quantitative estimate of drug-likeness (QED) is 0.459. The number of rotatable bonds is 7. The fraction of sp³-hybridized carbons (Fsp3) is 0.440. The molecule has 35 heavy (non-hydrogen) atoms. The highest BCUT2D eigenvalue weighted by atomic mass is 32.1. The number of aromatic amines is 1. The second kappa shape index (κ2) is 10.2. The minimum absolute atomic E-state index is 0.0477. The van der Waals surface area contributed by atoms with E-state index < -0.39 is 23.6 Å². The summed E-state index contributed by atoms with van der Waals surface area (Å²) in [4.78, 5) is 45.0. The van der Waals surface area contributed by atoms with Crippen LogP contribution in [0, 0.1) is 12.8 Å². The molecule has 1 unspecified atom stereocenters. The van der Waals surface area contributed by atoms with Crippen molar-refractivity contribution >= 4 is 23.2 Å². The van der Waals surface area contributed by atoms with Crippen LogP contribution < -0.4 is 10.9 Å². The van der Waals surface area contributed by atoms with Gasteiger partial charge in [-0.3, -0.25) is 14.4 Å². The summed E-state index contributed by atoms with van der Waals surface area (Å²) in [5.41, 5.74) is 4.36. The summed E-state index contributed by atoms with van der Waals surface area (Å²) < 4.78 is 5.21. The predicted molar refractivity (Wildman–Crippen MR) is 132 cm³/mol. The van der Waals surface area contributed by atoms with Gasteiger partial charge in [-0.05, 0) is 30.9 Å². The number of thiazole rings is 1. The molecule has 0 aliphatic carbocycles. The predicted octanol–water partition coefficient (Wildman–Crippen LogP) is 2.98. The van der Waals surface area contributed by atoms with Crippen molar-refractivity contribution in [3.8, 4) is 10.4 Å². The molecule has 0 saturated carbocycles. The average Bonchev–Trinajstić information content (AvgIpc) is 3.53. The highest BCUT2D eigenvalue weighted by Gasteiger charge is 2.43. The lowest BCUT2D eigenvalue weighted by atomic mass is 9.91. The van der Waals surface area contributed by atoms with Crippen molar-refractivity contribution in [2.24, 2.45) is 5.92 Å². The Morgan fingerprint density at radius 3 is 2.54 bits per heavy atom. The number of aliphatic hydroxyl groups is 1. The van der Waals surface area contributed by atoms with Crippen LogP contribution >= 0.6 is 11.3 Å². The Hall–Kier alpha value is -3.24. The monoisotopic (exact) mass is 498 g/mol. The topological polar surface area (TPSA) is 129 Å². The van der Waals surface area contributed by atoms with Crippen LogP contribution in [0.3, 0.4) is 0 Å². The Morgan fingerprint density at radius 2 is 1.97 bits per heavy atom. The zero-order valence-corrected chi connectivity index (χ0v) is 21.0. The first-order valence-electron chi connectivity index (χ1n) is 11.6. The van der Waals surface area contributed by atoms with Crippen LogP contribution in [-0.2, 0) is 9.59 Å². The van der Waals surface area contributed by atoms with E-state index in [0.717, 1.165) is 21.7 Å². The van der Waals surface area contributed by atoms with E-state index in [1.165, 1.54) is 11.0 Å². The van der Waals surface area contributed by atoms with E-state index in [-0.39, 0.29) is 42.5 Å². The van der Waals surface area contributed by atoms with Crippen LogP contribution in [0.2, 0.25) is 0 Å². The largest absolute Gasteiger partial charge is 0.391 e. The van der Waals surface area contributed by atoms with Gasteiger partial charge in [-0.2, -0.15) is 5.16 Å². The second-order valence-corrected chi connectivity index (χ2v) is 10.2. The molecular weight excluding hydrogens is 468 g/mol. The third-order valence-electron chi connectivity index (χ3n) is 6.42. The van der Waals surface area contributed by atoms with E-state index >= 15 is 0 Å². The van der Waals surface area contributed by atoms with E-state index in [2.05, 4.69) is 15.5 Å². The second-order valence-electron chi connectivity index (χ2n) is 9.35. The molecule has 9 nitrogen and oxygen atoms in total. The number of H-pyrrole nitrogens is 1. The first-order valence-corrected chi connectivity index (χ1v) is 12.5. The number of hydrogen-bond donors (Lipinski definition) is 3. The van der Waals surface area contributed by atoms with E-state index in [1.54, 1.807) is 11.3 Å². The van der Waals surface area contributed by atoms with E-state index in [1.807, 2.05) is 57.5 Å². The van der Waals surface area contributed by atoms with Crippen molar-refractivity contribution in [1.29, 1.82) is 0 Å². The maximum atomic E-state index is 13.4. The summed E-state index contributed by atoms with van der Waals surface area (Å²) in [7, 11) is 0. The molecule has 1 aliphatic rings. The third kappa shape index (κ3) is 5.23. The molecule has 186 valence electrons. The fourth-order valence-electron chi connectivity index (χ4n) is 4.57. The van der Waals surface area contributed by atoms with Crippen LogP contribution in [0.4, 0.5) is 0 Å². The Morgan fingerprint density at radius 1 is 1.26 bits per heavy atom. The van der Waals surface area contributed by atoms with Crippen molar-refractivity contribution < 1.29 is 19.2 Å². The van der Waals surface area contributed by atoms with Gasteiger partial charge in [0, 0.05) is 19.0 Å². The Balaban J connectivity index is 1.48. The maximum absolute atomic E-state index is 13.4. The van der Waals surface area contributed by atoms with Crippen LogP contribution in [0.5, 0.6) is 0 Å². The normalized spacial score (nSPS) is 19.7. The van der Waals surface area contributed by atoms with Gasteiger partial charge < -0.3 is 19.8 Å². The number of hydrogen-bond acceptors (Lipinski definition) is 7. The number of nitrogens with one attached hydrogen (secondary N) is 2. The summed E-state index contributed by atoms with van der Waals surface area (Å²) in [6.45, 7) is 7.59. The summed E-state index contributed by atoms with van der Waals surface area (Å²) in [5, 5.41) is 15.5. The number of amides is 2. The smallest absolute Gasteiger partial charge is 0.280 e. The van der Waals surface area contributed by atoms with E-state index in [4.69, 9.17) is 4.52 Å². The average molecular weight is 499 g/mol. The van der Waals surface area contributed by atoms with Crippen LogP contribution in [0.1, 0.15) is 56.2 Å². The van der Waals surface area contributed by atoms with Crippen molar-refractivity contribution in [2.45, 2.75) is 58.2 Å². The van der Waals surface area contributed by atoms with Gasteiger partial charge in [0.2, 0.25) is 11.8 Å². The number of nitrogens with zero attached hydrogens (tertiary/aromatic N) is 2. The number of aromatic nitrogens is 2. The molecule has 0 bridgehead atoms. The molecular formula is C25H30N4O5S. The summed E-state index contributed by atoms with van der Waals surface area (Å²) in [6.07, 6.45) is -0.659. The lowest BCUT2D eigenvalue weighted by molar-refractivity contribution is -0.141. The molecule has 3 N–H and O–H groups in total. The molecule has 3 heterocycles. The van der Waals surface area contributed by atoms with Crippen molar-refractivity contribution in [3.05, 3.63) is 63.2 Å².